The Kier molecular flexibility index (Phi) is 4.53. The number of benzene rings is 2. The Hall–Kier alpha value is -2.83. The summed E-state index contributed by atoms with van der Waals surface area (Å²) in [4.78, 5) is 8.84. The van der Waals surface area contributed by atoms with Gasteiger partial charge >= 0.3 is 0 Å². The van der Waals surface area contributed by atoms with Crippen LogP contribution in [-0.2, 0) is 6.54 Å². The number of halogens is 2. The van der Waals surface area contributed by atoms with Crippen molar-refractivity contribution in [3.8, 4) is 16.2 Å². The van der Waals surface area contributed by atoms with E-state index >= 15 is 0 Å². The molecule has 7 heteroatoms. The number of aromatic nitrogens is 1. The average Bonchev–Trinajstić information content (AvgIpc) is 3.16. The fourth-order valence-corrected chi connectivity index (χ4v) is 5.13. The van der Waals surface area contributed by atoms with Gasteiger partial charge in [0.2, 0.25) is 0 Å². The molecule has 2 aromatic heterocycles. The maximum atomic E-state index is 13.9. The quantitative estimate of drug-likeness (QED) is 0.427. The van der Waals surface area contributed by atoms with Gasteiger partial charge in [0.25, 0.3) is 0 Å². The van der Waals surface area contributed by atoms with E-state index in [0.29, 0.717) is 11.7 Å². The molecule has 0 spiro atoms. The maximum absolute atomic E-state index is 13.9. The van der Waals surface area contributed by atoms with Gasteiger partial charge in [-0.25, -0.2) is 4.39 Å². The van der Waals surface area contributed by atoms with Gasteiger partial charge in [-0.3, -0.25) is 4.98 Å². The Morgan fingerprint density at radius 1 is 1.21 bits per heavy atom. The average molecular weight is 426 g/mol. The number of thiophene rings is 1. The Morgan fingerprint density at radius 2 is 2.07 bits per heavy atom. The molecule has 1 aliphatic heterocycles. The van der Waals surface area contributed by atoms with Gasteiger partial charge in [-0.05, 0) is 18.2 Å². The number of anilines is 2. The highest BCUT2D eigenvalue weighted by Gasteiger charge is 2.22. The second kappa shape index (κ2) is 7.21. The molecule has 4 aromatic rings. The van der Waals surface area contributed by atoms with Crippen LogP contribution in [0.5, 0.6) is 5.75 Å². The molecule has 3 heterocycles. The van der Waals surface area contributed by atoms with Gasteiger partial charge in [-0.2, -0.15) is 0 Å². The van der Waals surface area contributed by atoms with Gasteiger partial charge in [0.1, 0.15) is 0 Å². The van der Waals surface area contributed by atoms with Crippen LogP contribution in [-0.4, -0.2) is 18.8 Å². The van der Waals surface area contributed by atoms with E-state index in [0.717, 1.165) is 33.7 Å². The lowest BCUT2D eigenvalue weighted by atomic mass is 10.1. The third-order valence-electron chi connectivity index (χ3n) is 5.10. The lowest BCUT2D eigenvalue weighted by Gasteiger charge is -2.30. The Labute approximate surface area is 176 Å². The molecule has 0 unspecified atom stereocenters. The van der Waals surface area contributed by atoms with Crippen LogP contribution in [0.4, 0.5) is 15.8 Å². The second-order valence-corrected chi connectivity index (χ2v) is 8.37. The topological polar surface area (TPSA) is 37.4 Å². The van der Waals surface area contributed by atoms with Gasteiger partial charge in [-0.15, -0.1) is 11.3 Å². The number of methoxy groups -OCH3 is 1. The predicted molar refractivity (Wildman–Crippen MR) is 118 cm³/mol. The van der Waals surface area contributed by atoms with Crippen molar-refractivity contribution in [2.75, 3.05) is 24.0 Å². The Morgan fingerprint density at radius 3 is 2.93 bits per heavy atom. The minimum atomic E-state index is -0.463. The van der Waals surface area contributed by atoms with Crippen LogP contribution in [0.3, 0.4) is 0 Å². The highest BCUT2D eigenvalue weighted by Crippen LogP contribution is 2.42. The van der Waals surface area contributed by atoms with Crippen molar-refractivity contribution in [2.45, 2.75) is 6.54 Å². The summed E-state index contributed by atoms with van der Waals surface area (Å²) in [5, 5.41) is 6.15. The van der Waals surface area contributed by atoms with E-state index in [1.807, 2.05) is 24.5 Å². The van der Waals surface area contributed by atoms with Crippen LogP contribution in [0.15, 0.2) is 54.9 Å². The van der Waals surface area contributed by atoms with Crippen LogP contribution in [0.2, 0.25) is 5.02 Å². The molecule has 0 radical (unpaired) electrons. The fourth-order valence-electron chi connectivity index (χ4n) is 3.64. The van der Waals surface area contributed by atoms with E-state index in [-0.39, 0.29) is 5.75 Å². The summed E-state index contributed by atoms with van der Waals surface area (Å²) in [6, 6.07) is 13.3. The Bertz CT molecular complexity index is 1220. The van der Waals surface area contributed by atoms with E-state index in [2.05, 4.69) is 33.4 Å². The molecule has 1 aliphatic rings. The third kappa shape index (κ3) is 3.18. The van der Waals surface area contributed by atoms with Crippen LogP contribution in [0.1, 0.15) is 4.88 Å². The first kappa shape index (κ1) is 18.2. The standard InChI is InChI=1S/C22H17ClFN3OS/c1-28-20-6-15(16(23)7-17(20)24)21-8-18-22(29-21)11-27(12-26-18)19-10-25-9-13-4-2-3-5-14(13)19/h2-10,26H,11-12H2,1H3. The maximum Gasteiger partial charge on any atom is 0.166 e. The van der Waals surface area contributed by atoms with E-state index in [9.17, 15) is 4.39 Å². The summed E-state index contributed by atoms with van der Waals surface area (Å²) in [6.45, 7) is 1.44. The number of fused-ring (bicyclic) bond motifs is 2. The van der Waals surface area contributed by atoms with E-state index in [4.69, 9.17) is 16.3 Å². The monoisotopic (exact) mass is 425 g/mol. The van der Waals surface area contributed by atoms with Crippen molar-refractivity contribution in [1.29, 1.82) is 0 Å². The summed E-state index contributed by atoms with van der Waals surface area (Å²) >= 11 is 7.96. The van der Waals surface area contributed by atoms with E-state index in [1.165, 1.54) is 23.4 Å². The third-order valence-corrected chi connectivity index (χ3v) is 6.56. The highest BCUT2D eigenvalue weighted by atomic mass is 35.5. The summed E-state index contributed by atoms with van der Waals surface area (Å²) < 4.78 is 19.0. The molecule has 146 valence electrons. The molecule has 29 heavy (non-hydrogen) atoms. The van der Waals surface area contributed by atoms with Gasteiger partial charge < -0.3 is 15.0 Å². The summed E-state index contributed by atoms with van der Waals surface area (Å²) in [6.07, 6.45) is 3.79. The summed E-state index contributed by atoms with van der Waals surface area (Å²) in [5.74, 6) is -0.275. The summed E-state index contributed by atoms with van der Waals surface area (Å²) in [7, 11) is 1.45. The molecule has 4 nitrogen and oxygen atoms in total. The van der Waals surface area contributed by atoms with Crippen molar-refractivity contribution in [3.05, 3.63) is 70.6 Å². The molecule has 0 aliphatic carbocycles. The molecule has 0 saturated heterocycles. The van der Waals surface area contributed by atoms with Gasteiger partial charge in [0.15, 0.2) is 11.6 Å². The smallest absolute Gasteiger partial charge is 0.166 e. The van der Waals surface area contributed by atoms with Crippen molar-refractivity contribution in [1.82, 2.24) is 4.98 Å². The van der Waals surface area contributed by atoms with Gasteiger partial charge in [0, 0.05) is 32.3 Å². The molecule has 0 atom stereocenters. The molecule has 0 fully saturated rings. The number of nitrogens with zero attached hydrogens (tertiary/aromatic N) is 2. The minimum Gasteiger partial charge on any atom is -0.494 e. The van der Waals surface area contributed by atoms with Crippen LogP contribution < -0.4 is 15.0 Å². The van der Waals surface area contributed by atoms with Crippen molar-refractivity contribution in [2.24, 2.45) is 0 Å². The zero-order valence-electron chi connectivity index (χ0n) is 15.6. The van der Waals surface area contributed by atoms with Crippen LogP contribution >= 0.6 is 22.9 Å². The van der Waals surface area contributed by atoms with Gasteiger partial charge in [0.05, 0.1) is 42.9 Å². The van der Waals surface area contributed by atoms with E-state index in [1.54, 1.807) is 17.4 Å². The second-order valence-electron chi connectivity index (χ2n) is 6.83. The number of nitrogens with one attached hydrogen (secondary N) is 1. The van der Waals surface area contributed by atoms with Gasteiger partial charge in [-0.1, -0.05) is 35.9 Å². The van der Waals surface area contributed by atoms with Crippen molar-refractivity contribution >= 4 is 45.1 Å². The normalized spacial score (nSPS) is 13.3. The molecule has 0 saturated carbocycles. The van der Waals surface area contributed by atoms with Crippen LogP contribution in [0, 0.1) is 5.82 Å². The lowest BCUT2D eigenvalue weighted by molar-refractivity contribution is 0.387. The van der Waals surface area contributed by atoms with E-state index < -0.39 is 5.82 Å². The molecular weight excluding hydrogens is 409 g/mol. The zero-order chi connectivity index (χ0) is 20.0. The highest BCUT2D eigenvalue weighted by molar-refractivity contribution is 7.16. The Balaban J connectivity index is 1.51. The largest absolute Gasteiger partial charge is 0.494 e. The molecular formula is C22H17ClFN3OS. The minimum absolute atomic E-state index is 0.187. The number of rotatable bonds is 3. The zero-order valence-corrected chi connectivity index (χ0v) is 17.1. The molecule has 0 amide bonds. The molecule has 5 rings (SSSR count). The fraction of sp³-hybridized carbons (Fsp3) is 0.136. The predicted octanol–water partition coefficient (Wildman–Crippen LogP) is 6.15. The number of ether oxygens (including phenoxy) is 1. The molecule has 1 N–H and O–H groups in total. The number of hydrogen-bond donors (Lipinski definition) is 1. The lowest BCUT2D eigenvalue weighted by Crippen LogP contribution is -2.32. The first-order valence-corrected chi connectivity index (χ1v) is 10.3. The number of hydrogen-bond acceptors (Lipinski definition) is 5. The first-order chi connectivity index (χ1) is 14.1. The molecule has 0 bridgehead atoms. The van der Waals surface area contributed by atoms with Crippen molar-refractivity contribution in [3.63, 3.8) is 0 Å². The number of pyridine rings is 1. The van der Waals surface area contributed by atoms with Crippen molar-refractivity contribution < 1.29 is 9.13 Å². The first-order valence-electron chi connectivity index (χ1n) is 9.11. The van der Waals surface area contributed by atoms with Crippen LogP contribution in [0.25, 0.3) is 21.2 Å². The molecule has 2 aromatic carbocycles. The SMILES string of the molecule is COc1cc(-c2cc3c(s2)CN(c2cncc4ccccc24)CN3)c(Cl)cc1F. The summed E-state index contributed by atoms with van der Waals surface area (Å²) in [5.41, 5.74) is 2.94.